The lowest BCUT2D eigenvalue weighted by molar-refractivity contribution is -0.153. The van der Waals surface area contributed by atoms with Gasteiger partial charge >= 0.3 is 0 Å². The summed E-state index contributed by atoms with van der Waals surface area (Å²) in [6.07, 6.45) is 0.0841. The van der Waals surface area contributed by atoms with Gasteiger partial charge in [0.15, 0.2) is 17.1 Å². The molecular weight excluding hydrogens is 604 g/mol. The third-order valence-corrected chi connectivity index (χ3v) is 9.48. The number of methoxy groups -OCH3 is 1. The average Bonchev–Trinajstić information content (AvgIpc) is 2.96. The molecule has 0 radical (unpaired) electrons. The maximum atomic E-state index is 14.1. The van der Waals surface area contributed by atoms with E-state index in [9.17, 15) is 39.6 Å². The number of amides is 2. The van der Waals surface area contributed by atoms with Crippen LogP contribution in [0.15, 0.2) is 52.1 Å². The number of benzene rings is 2. The molecule has 0 aromatic heterocycles. The molecule has 13 nitrogen and oxygen atoms in total. The maximum absolute atomic E-state index is 14.1. The fourth-order valence-electron chi connectivity index (χ4n) is 6.67. The first-order chi connectivity index (χ1) is 21.1. The zero-order chi connectivity index (χ0) is 33.1. The van der Waals surface area contributed by atoms with Crippen LogP contribution < -0.4 is 20.7 Å². The normalized spacial score (nSPS) is 24.2. The van der Waals surface area contributed by atoms with E-state index in [2.05, 4.69) is 5.32 Å². The average molecular weight is 639 g/mol. The summed E-state index contributed by atoms with van der Waals surface area (Å²) in [5.74, 6) is -6.84. The van der Waals surface area contributed by atoms with Crippen LogP contribution in [0.3, 0.4) is 0 Å². The Bertz CT molecular complexity index is 1700. The molecule has 2 amide bonds. The van der Waals surface area contributed by atoms with Gasteiger partial charge in [-0.15, -0.1) is 0 Å². The van der Waals surface area contributed by atoms with Gasteiger partial charge in [-0.1, -0.05) is 0 Å². The van der Waals surface area contributed by atoms with Gasteiger partial charge in [-0.05, 0) is 80.5 Å². The Morgan fingerprint density at radius 1 is 1.09 bits per heavy atom. The molecule has 238 valence electrons. The number of primary amides is 1. The standard InChI is InChI=1S/C31H34N4O9S/c1-34(2)19-12-18(33-30(42)45-15-8-6-14(44-5)7-9-15)24(36)21-16(19)10-13-11-17-23(35(3)4)26(38)22(29(32)41)28(40)31(17,43)27(39)20(13)25(21)37/h6-9,12-13,17,23,36-37,40,43H,10-11H2,1-5H3,(H2,32,41)(H,33,42)/t13?,17?,23-,31-/m0/s1. The van der Waals surface area contributed by atoms with Gasteiger partial charge in [-0.3, -0.25) is 24.1 Å². The molecular formula is C31H34N4O9S. The first kappa shape index (κ1) is 31.9. The van der Waals surface area contributed by atoms with E-state index in [0.717, 1.165) is 11.8 Å². The number of anilines is 2. The van der Waals surface area contributed by atoms with Gasteiger partial charge in [0.1, 0.15) is 22.8 Å². The molecule has 1 saturated carbocycles. The monoisotopic (exact) mass is 638 g/mol. The Hall–Kier alpha value is -4.53. The Balaban J connectivity index is 1.61. The van der Waals surface area contributed by atoms with Crippen molar-refractivity contribution in [1.29, 1.82) is 0 Å². The van der Waals surface area contributed by atoms with Crippen LogP contribution in [0.5, 0.6) is 11.5 Å². The van der Waals surface area contributed by atoms with Gasteiger partial charge < -0.3 is 41.1 Å². The second kappa shape index (κ2) is 11.4. The molecule has 2 aromatic rings. The van der Waals surface area contributed by atoms with Crippen molar-refractivity contribution in [2.75, 3.05) is 45.5 Å². The molecule has 0 aliphatic heterocycles. The van der Waals surface area contributed by atoms with Crippen LogP contribution in [0.2, 0.25) is 0 Å². The Morgan fingerprint density at radius 3 is 2.29 bits per heavy atom. The van der Waals surface area contributed by atoms with Gasteiger partial charge in [-0.2, -0.15) is 0 Å². The van der Waals surface area contributed by atoms with E-state index in [4.69, 9.17) is 10.5 Å². The second-order valence-electron chi connectivity index (χ2n) is 11.7. The van der Waals surface area contributed by atoms with E-state index in [-0.39, 0.29) is 29.7 Å². The number of rotatable bonds is 6. The number of thioether (sulfide) groups is 1. The number of hydrogen-bond acceptors (Lipinski definition) is 12. The number of Topliss-reactive ketones (excluding diaryl/α,β-unsaturated/α-hetero) is 2. The van der Waals surface area contributed by atoms with E-state index < -0.39 is 69.0 Å². The third-order valence-electron chi connectivity index (χ3n) is 8.69. The van der Waals surface area contributed by atoms with E-state index in [0.29, 0.717) is 21.9 Å². The van der Waals surface area contributed by atoms with Crippen molar-refractivity contribution in [2.45, 2.75) is 29.4 Å². The van der Waals surface area contributed by atoms with Crippen LogP contribution in [0.1, 0.15) is 17.5 Å². The summed E-state index contributed by atoms with van der Waals surface area (Å²) in [5.41, 5.74) is 2.33. The van der Waals surface area contributed by atoms with Gasteiger partial charge in [0, 0.05) is 36.2 Å². The molecule has 1 fully saturated rings. The number of aliphatic hydroxyl groups excluding tert-OH is 2. The number of ether oxygens (including phenoxy) is 1. The van der Waals surface area contributed by atoms with Crippen molar-refractivity contribution >= 4 is 51.6 Å². The first-order valence-corrected chi connectivity index (χ1v) is 14.8. The topological polar surface area (TPSA) is 203 Å². The number of likely N-dealkylation sites (N-methyl/N-ethyl adjacent to an activating group) is 1. The third kappa shape index (κ3) is 4.98. The summed E-state index contributed by atoms with van der Waals surface area (Å²) in [4.78, 5) is 56.3. The molecule has 2 aromatic carbocycles. The minimum Gasteiger partial charge on any atom is -0.508 e. The molecule has 45 heavy (non-hydrogen) atoms. The fraction of sp³-hybridized carbons (Fsp3) is 0.355. The summed E-state index contributed by atoms with van der Waals surface area (Å²) >= 11 is 0.860. The molecule has 5 rings (SSSR count). The summed E-state index contributed by atoms with van der Waals surface area (Å²) in [6.45, 7) is 0. The first-order valence-electron chi connectivity index (χ1n) is 14.0. The number of fused-ring (bicyclic) bond motifs is 3. The minimum absolute atomic E-state index is 0.0314. The molecule has 2 unspecified atom stereocenters. The van der Waals surface area contributed by atoms with Gasteiger partial charge in [0.05, 0.1) is 24.4 Å². The number of aromatic hydroxyl groups is 1. The lowest BCUT2D eigenvalue weighted by atomic mass is 9.57. The molecule has 7 N–H and O–H groups in total. The molecule has 14 heteroatoms. The van der Waals surface area contributed by atoms with Gasteiger partial charge in [-0.25, -0.2) is 0 Å². The molecule has 0 saturated heterocycles. The number of phenolic OH excluding ortho intramolecular Hbond substituents is 1. The highest BCUT2D eigenvalue weighted by molar-refractivity contribution is 8.13. The van der Waals surface area contributed by atoms with Crippen LogP contribution in [0.4, 0.5) is 16.2 Å². The van der Waals surface area contributed by atoms with Crippen molar-refractivity contribution in [3.05, 3.63) is 58.4 Å². The van der Waals surface area contributed by atoms with Crippen molar-refractivity contribution in [2.24, 2.45) is 17.6 Å². The minimum atomic E-state index is -2.74. The van der Waals surface area contributed by atoms with E-state index in [1.54, 1.807) is 63.4 Å². The number of nitrogens with one attached hydrogen (secondary N) is 1. The van der Waals surface area contributed by atoms with Crippen molar-refractivity contribution < 1.29 is 44.3 Å². The lowest BCUT2D eigenvalue weighted by Gasteiger charge is -2.50. The van der Waals surface area contributed by atoms with Crippen LogP contribution in [-0.4, -0.2) is 95.0 Å². The van der Waals surface area contributed by atoms with Gasteiger partial charge in [0.2, 0.25) is 5.78 Å². The Labute approximate surface area is 262 Å². The summed E-state index contributed by atoms with van der Waals surface area (Å²) < 4.78 is 5.14. The highest BCUT2D eigenvalue weighted by Gasteiger charge is 2.64. The molecule has 0 bridgehead atoms. The van der Waals surface area contributed by atoms with Gasteiger partial charge in [0.25, 0.3) is 11.1 Å². The maximum Gasteiger partial charge on any atom is 0.288 e. The number of nitrogens with zero attached hydrogens (tertiary/aromatic N) is 2. The number of carbonyl (C=O) groups is 4. The quantitative estimate of drug-likeness (QED) is 0.153. The highest BCUT2D eigenvalue weighted by atomic mass is 32.2. The van der Waals surface area contributed by atoms with Crippen LogP contribution in [0, 0.1) is 11.8 Å². The Morgan fingerprint density at radius 2 is 1.73 bits per heavy atom. The predicted octanol–water partition coefficient (Wildman–Crippen LogP) is 2.36. The summed E-state index contributed by atoms with van der Waals surface area (Å²) in [6, 6.07) is 7.15. The van der Waals surface area contributed by atoms with Crippen LogP contribution in [-0.2, 0) is 20.8 Å². The summed E-state index contributed by atoms with van der Waals surface area (Å²) in [7, 11) is 8.08. The molecule has 0 spiro atoms. The molecule has 3 aliphatic carbocycles. The lowest BCUT2D eigenvalue weighted by Crippen LogP contribution is -2.65. The number of hydrogen-bond donors (Lipinski definition) is 6. The van der Waals surface area contributed by atoms with Crippen molar-refractivity contribution in [1.82, 2.24) is 4.90 Å². The predicted molar refractivity (Wildman–Crippen MR) is 166 cm³/mol. The van der Waals surface area contributed by atoms with Crippen LogP contribution >= 0.6 is 11.8 Å². The molecule has 3 aliphatic rings. The fourth-order valence-corrected chi connectivity index (χ4v) is 7.32. The van der Waals surface area contributed by atoms with E-state index in [1.807, 2.05) is 0 Å². The summed E-state index contributed by atoms with van der Waals surface area (Å²) in [5, 5.41) is 48.0. The highest BCUT2D eigenvalue weighted by Crippen LogP contribution is 2.54. The molecule has 4 atom stereocenters. The zero-order valence-corrected chi connectivity index (χ0v) is 26.1. The number of ketones is 2. The van der Waals surface area contributed by atoms with Crippen molar-refractivity contribution in [3.63, 3.8) is 0 Å². The number of nitrogens with two attached hydrogens (primary N) is 1. The van der Waals surface area contributed by atoms with E-state index in [1.165, 1.54) is 12.0 Å². The number of carbonyl (C=O) groups excluding carboxylic acids is 4. The number of phenols is 1. The van der Waals surface area contributed by atoms with E-state index >= 15 is 0 Å². The zero-order valence-electron chi connectivity index (χ0n) is 25.2. The molecule has 0 heterocycles. The smallest absolute Gasteiger partial charge is 0.288 e. The van der Waals surface area contributed by atoms with Crippen molar-refractivity contribution in [3.8, 4) is 11.5 Å². The second-order valence-corrected chi connectivity index (χ2v) is 12.7. The number of aliphatic hydroxyl groups is 3. The van der Waals surface area contributed by atoms with Crippen LogP contribution in [0.25, 0.3) is 5.76 Å². The largest absolute Gasteiger partial charge is 0.508 e. The Kier molecular flexibility index (Phi) is 8.10. The SMILES string of the molecule is COc1ccc(SC(=O)Nc2cc(N(C)C)c3c(c2O)C(O)=C2C(=O)[C@]4(O)C(O)=C(C(N)=O)C(=O)[C@@H](N(C)C)C4CC2C3)cc1.